The smallest absolute Gasteiger partial charge is 0.247 e. The van der Waals surface area contributed by atoms with Gasteiger partial charge in [0.15, 0.2) is 0 Å². The van der Waals surface area contributed by atoms with Gasteiger partial charge in [0, 0.05) is 39.7 Å². The molecule has 0 bridgehead atoms. The highest BCUT2D eigenvalue weighted by molar-refractivity contribution is 7.89. The monoisotopic (exact) mass is 563 g/mol. The summed E-state index contributed by atoms with van der Waals surface area (Å²) in [6, 6.07) is 24.8. The minimum Gasteiger partial charge on any atom is -0.383 e. The normalized spacial score (nSPS) is 14.5. The highest BCUT2D eigenvalue weighted by Crippen LogP contribution is 2.26. The lowest BCUT2D eigenvalue weighted by molar-refractivity contribution is -0.141. The summed E-state index contributed by atoms with van der Waals surface area (Å²) in [6.07, 6.45) is 2.35. The fourth-order valence-corrected chi connectivity index (χ4v) is 6.40. The fourth-order valence-electron chi connectivity index (χ4n) is 4.89. The van der Waals surface area contributed by atoms with Crippen LogP contribution >= 0.6 is 0 Å². The van der Waals surface area contributed by atoms with Gasteiger partial charge in [0.05, 0.1) is 11.5 Å². The number of hydrogen-bond donors (Lipinski definition) is 1. The van der Waals surface area contributed by atoms with E-state index in [0.717, 1.165) is 29.5 Å². The summed E-state index contributed by atoms with van der Waals surface area (Å²) in [5.41, 5.74) is 2.49. The first-order chi connectivity index (χ1) is 19.4. The topological polar surface area (TPSA) is 96.0 Å². The molecule has 0 radical (unpaired) electrons. The van der Waals surface area contributed by atoms with Crippen molar-refractivity contribution in [2.45, 2.75) is 43.2 Å². The minimum absolute atomic E-state index is 0.166. The van der Waals surface area contributed by atoms with Crippen molar-refractivity contribution in [2.75, 3.05) is 33.4 Å². The van der Waals surface area contributed by atoms with Crippen LogP contribution in [-0.4, -0.2) is 62.8 Å². The Bertz CT molecular complexity index is 1340. The third-order valence-corrected chi connectivity index (χ3v) is 8.96. The molecule has 212 valence electrons. The van der Waals surface area contributed by atoms with Gasteiger partial charge in [0.1, 0.15) is 6.04 Å². The predicted octanol–water partition coefficient (Wildman–Crippen LogP) is 3.94. The molecule has 0 saturated carbocycles. The molecule has 0 aliphatic carbocycles. The van der Waals surface area contributed by atoms with Crippen LogP contribution in [0.4, 0.5) is 0 Å². The van der Waals surface area contributed by atoms with Crippen LogP contribution in [0.25, 0.3) is 0 Å². The van der Waals surface area contributed by atoms with E-state index >= 15 is 0 Å². The first-order valence-electron chi connectivity index (χ1n) is 13.6. The van der Waals surface area contributed by atoms with Gasteiger partial charge in [-0.2, -0.15) is 4.31 Å². The Hall–Kier alpha value is -3.53. The largest absolute Gasteiger partial charge is 0.383 e. The Morgan fingerprint density at radius 2 is 1.52 bits per heavy atom. The zero-order valence-corrected chi connectivity index (χ0v) is 23.7. The highest BCUT2D eigenvalue weighted by Gasteiger charge is 2.31. The zero-order chi connectivity index (χ0) is 28.4. The number of aryl methyl sites for hydroxylation is 1. The van der Waals surface area contributed by atoms with E-state index in [1.807, 2.05) is 60.7 Å². The first-order valence-corrected chi connectivity index (χ1v) is 15.1. The van der Waals surface area contributed by atoms with E-state index in [4.69, 9.17) is 4.74 Å². The van der Waals surface area contributed by atoms with Crippen LogP contribution in [0.2, 0.25) is 0 Å². The number of benzene rings is 3. The number of sulfonamides is 1. The lowest BCUT2D eigenvalue weighted by Crippen LogP contribution is -2.44. The molecule has 1 atom stereocenters. The molecular formula is C31H37N3O5S. The molecule has 1 aliphatic heterocycles. The SMILES string of the molecule is COCCNC(=O)C(c1ccccc1)N(Cc1ccccc1)C(=O)CCc1ccc(S(=O)(=O)N2CCCC2)cc1. The summed E-state index contributed by atoms with van der Waals surface area (Å²) in [7, 11) is -1.92. The van der Waals surface area contributed by atoms with E-state index in [9.17, 15) is 18.0 Å². The van der Waals surface area contributed by atoms with Crippen LogP contribution in [-0.2, 0) is 37.3 Å². The van der Waals surface area contributed by atoms with Gasteiger partial charge in [-0.25, -0.2) is 8.42 Å². The Balaban J connectivity index is 1.54. The van der Waals surface area contributed by atoms with E-state index in [2.05, 4.69) is 5.32 Å². The summed E-state index contributed by atoms with van der Waals surface area (Å²) in [4.78, 5) is 29.1. The number of methoxy groups -OCH3 is 1. The van der Waals surface area contributed by atoms with Gasteiger partial charge in [0.25, 0.3) is 0 Å². The lowest BCUT2D eigenvalue weighted by Gasteiger charge is -2.32. The standard InChI is InChI=1S/C31H37N3O5S/c1-39-23-20-32-31(36)30(27-12-6-3-7-13-27)34(24-26-10-4-2-5-11-26)29(35)19-16-25-14-17-28(18-15-25)40(37,38)33-21-8-9-22-33/h2-7,10-15,17-18,30H,8-9,16,19-24H2,1H3,(H,32,36). The van der Waals surface area contributed by atoms with E-state index in [0.29, 0.717) is 32.7 Å². The quantitative estimate of drug-likeness (QED) is 0.318. The van der Waals surface area contributed by atoms with Crippen molar-refractivity contribution in [1.82, 2.24) is 14.5 Å². The number of carbonyl (C=O) groups excluding carboxylic acids is 2. The summed E-state index contributed by atoms with van der Waals surface area (Å²) >= 11 is 0. The molecule has 1 fully saturated rings. The molecule has 2 amide bonds. The van der Waals surface area contributed by atoms with Gasteiger partial charge in [0.2, 0.25) is 21.8 Å². The second-order valence-electron chi connectivity index (χ2n) is 9.86. The van der Waals surface area contributed by atoms with Crippen LogP contribution < -0.4 is 5.32 Å². The van der Waals surface area contributed by atoms with E-state index in [1.54, 1.807) is 36.3 Å². The molecule has 3 aromatic carbocycles. The Morgan fingerprint density at radius 3 is 2.15 bits per heavy atom. The maximum Gasteiger partial charge on any atom is 0.247 e. The predicted molar refractivity (Wildman–Crippen MR) is 154 cm³/mol. The number of carbonyl (C=O) groups is 2. The zero-order valence-electron chi connectivity index (χ0n) is 22.9. The Kier molecular flexibility index (Phi) is 10.5. The molecule has 1 heterocycles. The molecule has 3 aromatic rings. The maximum atomic E-state index is 13.8. The molecule has 1 saturated heterocycles. The van der Waals surface area contributed by atoms with Crippen molar-refractivity contribution < 1.29 is 22.7 Å². The van der Waals surface area contributed by atoms with Gasteiger partial charge < -0.3 is 15.0 Å². The number of amides is 2. The van der Waals surface area contributed by atoms with Gasteiger partial charge in [-0.15, -0.1) is 0 Å². The summed E-state index contributed by atoms with van der Waals surface area (Å²) in [5, 5.41) is 2.90. The average molecular weight is 564 g/mol. The van der Waals surface area contributed by atoms with Crippen LogP contribution in [0.5, 0.6) is 0 Å². The Morgan fingerprint density at radius 1 is 0.900 bits per heavy atom. The molecule has 1 aliphatic rings. The molecule has 1 unspecified atom stereocenters. The van der Waals surface area contributed by atoms with Crippen LogP contribution in [0, 0.1) is 0 Å². The van der Waals surface area contributed by atoms with Crippen molar-refractivity contribution >= 4 is 21.8 Å². The highest BCUT2D eigenvalue weighted by atomic mass is 32.2. The van der Waals surface area contributed by atoms with Gasteiger partial charge in [-0.1, -0.05) is 72.8 Å². The number of hydrogen-bond acceptors (Lipinski definition) is 5. The lowest BCUT2D eigenvalue weighted by atomic mass is 10.0. The van der Waals surface area contributed by atoms with E-state index in [-0.39, 0.29) is 29.7 Å². The number of rotatable bonds is 13. The number of nitrogens with one attached hydrogen (secondary N) is 1. The molecule has 1 N–H and O–H groups in total. The third-order valence-electron chi connectivity index (χ3n) is 7.05. The van der Waals surface area contributed by atoms with Crippen LogP contribution in [0.15, 0.2) is 89.8 Å². The Labute approximate surface area is 237 Å². The average Bonchev–Trinajstić information content (AvgIpc) is 3.53. The first kappa shape index (κ1) is 29.5. The second kappa shape index (κ2) is 14.2. The van der Waals surface area contributed by atoms with Crippen molar-refractivity contribution in [3.63, 3.8) is 0 Å². The van der Waals surface area contributed by atoms with Gasteiger partial charge in [-0.05, 0) is 48.1 Å². The van der Waals surface area contributed by atoms with Crippen LogP contribution in [0.1, 0.15) is 42.0 Å². The number of ether oxygens (including phenoxy) is 1. The number of nitrogens with zero attached hydrogens (tertiary/aromatic N) is 2. The molecule has 9 heteroatoms. The molecule has 40 heavy (non-hydrogen) atoms. The van der Waals surface area contributed by atoms with Gasteiger partial charge in [-0.3, -0.25) is 9.59 Å². The third kappa shape index (κ3) is 7.56. The van der Waals surface area contributed by atoms with Crippen molar-refractivity contribution in [1.29, 1.82) is 0 Å². The summed E-state index contributed by atoms with van der Waals surface area (Å²) in [6.45, 7) is 2.07. The molecular weight excluding hydrogens is 526 g/mol. The summed E-state index contributed by atoms with van der Waals surface area (Å²) < 4.78 is 32.3. The van der Waals surface area contributed by atoms with Gasteiger partial charge >= 0.3 is 0 Å². The minimum atomic E-state index is -3.49. The van der Waals surface area contributed by atoms with Crippen molar-refractivity contribution in [2.24, 2.45) is 0 Å². The van der Waals surface area contributed by atoms with Crippen LogP contribution in [0.3, 0.4) is 0 Å². The molecule has 4 rings (SSSR count). The summed E-state index contributed by atoms with van der Waals surface area (Å²) in [5.74, 6) is -0.447. The fraction of sp³-hybridized carbons (Fsp3) is 0.355. The molecule has 0 spiro atoms. The van der Waals surface area contributed by atoms with E-state index < -0.39 is 16.1 Å². The van der Waals surface area contributed by atoms with E-state index in [1.165, 1.54) is 4.31 Å². The second-order valence-corrected chi connectivity index (χ2v) is 11.8. The van der Waals surface area contributed by atoms with Crippen molar-refractivity contribution in [3.8, 4) is 0 Å². The molecule has 8 nitrogen and oxygen atoms in total. The molecule has 0 aromatic heterocycles. The van der Waals surface area contributed by atoms with Crippen molar-refractivity contribution in [3.05, 3.63) is 102 Å². The maximum absolute atomic E-state index is 13.8.